The van der Waals surface area contributed by atoms with Crippen LogP contribution in [0.25, 0.3) is 0 Å². The quantitative estimate of drug-likeness (QED) is 0.700. The van der Waals surface area contributed by atoms with E-state index in [1.165, 1.54) is 0 Å². The minimum Gasteiger partial charge on any atom is -0.497 e. The summed E-state index contributed by atoms with van der Waals surface area (Å²) < 4.78 is 10.4. The van der Waals surface area contributed by atoms with Crippen molar-refractivity contribution in [1.82, 2.24) is 10.6 Å². The van der Waals surface area contributed by atoms with Gasteiger partial charge in [0.15, 0.2) is 0 Å². The molecule has 112 valence electrons. The van der Waals surface area contributed by atoms with Crippen LogP contribution in [0.4, 0.5) is 4.79 Å². The van der Waals surface area contributed by atoms with Gasteiger partial charge >= 0.3 is 6.03 Å². The standard InChI is InChI=1S/C14H22N2O4/c1-10(9-17)7-15-14(18)16-8-11-4-5-12(19-2)6-13(11)20-3/h4-6,10,17H,7-9H2,1-3H3,(H2,15,16,18). The molecule has 3 N–H and O–H groups in total. The molecular formula is C14H22N2O4. The average molecular weight is 282 g/mol. The molecule has 1 rings (SSSR count). The topological polar surface area (TPSA) is 79.8 Å². The maximum Gasteiger partial charge on any atom is 0.315 e. The summed E-state index contributed by atoms with van der Waals surface area (Å²) in [6.45, 7) is 2.69. The summed E-state index contributed by atoms with van der Waals surface area (Å²) in [7, 11) is 3.16. The normalized spacial score (nSPS) is 11.6. The van der Waals surface area contributed by atoms with Crippen molar-refractivity contribution in [3.63, 3.8) is 0 Å². The van der Waals surface area contributed by atoms with Crippen LogP contribution in [0.2, 0.25) is 0 Å². The number of rotatable bonds is 7. The number of hydrogen-bond donors (Lipinski definition) is 3. The molecule has 1 atom stereocenters. The first-order valence-electron chi connectivity index (χ1n) is 6.44. The van der Waals surface area contributed by atoms with Crippen LogP contribution in [0.15, 0.2) is 18.2 Å². The Morgan fingerprint density at radius 2 is 2.05 bits per heavy atom. The molecule has 20 heavy (non-hydrogen) atoms. The Morgan fingerprint density at radius 1 is 1.30 bits per heavy atom. The van der Waals surface area contributed by atoms with Crippen molar-refractivity contribution in [3.05, 3.63) is 23.8 Å². The van der Waals surface area contributed by atoms with E-state index in [4.69, 9.17) is 14.6 Å². The summed E-state index contributed by atoms with van der Waals surface area (Å²) in [5, 5.41) is 14.3. The average Bonchev–Trinajstić information content (AvgIpc) is 2.50. The molecule has 0 saturated heterocycles. The smallest absolute Gasteiger partial charge is 0.315 e. The third-order valence-electron chi connectivity index (χ3n) is 2.86. The molecule has 0 saturated carbocycles. The van der Waals surface area contributed by atoms with Crippen molar-refractivity contribution in [2.45, 2.75) is 13.5 Å². The molecule has 0 radical (unpaired) electrons. The van der Waals surface area contributed by atoms with Gasteiger partial charge < -0.3 is 25.2 Å². The van der Waals surface area contributed by atoms with Gasteiger partial charge in [0.05, 0.1) is 14.2 Å². The van der Waals surface area contributed by atoms with E-state index in [1.807, 2.05) is 19.1 Å². The first-order chi connectivity index (χ1) is 9.60. The van der Waals surface area contributed by atoms with E-state index in [-0.39, 0.29) is 18.6 Å². The molecule has 2 amide bonds. The van der Waals surface area contributed by atoms with Crippen LogP contribution in [-0.2, 0) is 6.54 Å². The minimum atomic E-state index is -0.275. The molecule has 1 unspecified atom stereocenters. The third kappa shape index (κ3) is 4.97. The van der Waals surface area contributed by atoms with Gasteiger partial charge in [-0.2, -0.15) is 0 Å². The number of benzene rings is 1. The van der Waals surface area contributed by atoms with Crippen molar-refractivity contribution >= 4 is 6.03 Å². The van der Waals surface area contributed by atoms with Gasteiger partial charge in [0, 0.05) is 31.3 Å². The van der Waals surface area contributed by atoms with Crippen LogP contribution in [0.1, 0.15) is 12.5 Å². The molecule has 0 aliphatic heterocycles. The molecule has 1 aromatic carbocycles. The van der Waals surface area contributed by atoms with Gasteiger partial charge in [-0.25, -0.2) is 4.79 Å². The van der Waals surface area contributed by atoms with Crippen LogP contribution in [-0.4, -0.2) is 38.5 Å². The molecule has 0 heterocycles. The van der Waals surface area contributed by atoms with Gasteiger partial charge in [0.25, 0.3) is 0 Å². The van der Waals surface area contributed by atoms with Gasteiger partial charge in [-0.15, -0.1) is 0 Å². The summed E-state index contributed by atoms with van der Waals surface area (Å²) in [5.74, 6) is 1.40. The maximum absolute atomic E-state index is 11.6. The first-order valence-corrected chi connectivity index (χ1v) is 6.44. The van der Waals surface area contributed by atoms with Gasteiger partial charge in [0.2, 0.25) is 0 Å². The Bertz CT molecular complexity index is 437. The zero-order chi connectivity index (χ0) is 15.0. The molecule has 0 bridgehead atoms. The lowest BCUT2D eigenvalue weighted by atomic mass is 10.2. The van der Waals surface area contributed by atoms with E-state index in [0.29, 0.717) is 24.6 Å². The SMILES string of the molecule is COc1ccc(CNC(=O)NCC(C)CO)c(OC)c1. The van der Waals surface area contributed by atoms with Crippen molar-refractivity contribution in [3.8, 4) is 11.5 Å². The third-order valence-corrected chi connectivity index (χ3v) is 2.86. The number of carbonyl (C=O) groups is 1. The largest absolute Gasteiger partial charge is 0.497 e. The molecule has 6 nitrogen and oxygen atoms in total. The highest BCUT2D eigenvalue weighted by Gasteiger charge is 2.08. The second-order valence-corrected chi connectivity index (χ2v) is 4.53. The highest BCUT2D eigenvalue weighted by Crippen LogP contribution is 2.24. The number of ether oxygens (including phenoxy) is 2. The number of aliphatic hydroxyl groups excluding tert-OH is 1. The Kier molecular flexibility index (Phi) is 6.66. The summed E-state index contributed by atoms with van der Waals surface area (Å²) in [6, 6.07) is 5.14. The van der Waals surface area contributed by atoms with Crippen molar-refractivity contribution in [1.29, 1.82) is 0 Å². The lowest BCUT2D eigenvalue weighted by molar-refractivity contribution is 0.221. The number of amides is 2. The summed E-state index contributed by atoms with van der Waals surface area (Å²) >= 11 is 0. The molecule has 0 aliphatic rings. The molecule has 6 heteroatoms. The maximum atomic E-state index is 11.6. The number of aliphatic hydroxyl groups is 1. The predicted molar refractivity (Wildman–Crippen MR) is 76.0 cm³/mol. The minimum absolute atomic E-state index is 0.0382. The highest BCUT2D eigenvalue weighted by molar-refractivity contribution is 5.73. The molecule has 0 aromatic heterocycles. The van der Waals surface area contributed by atoms with Crippen molar-refractivity contribution < 1.29 is 19.4 Å². The van der Waals surface area contributed by atoms with Crippen LogP contribution in [0.5, 0.6) is 11.5 Å². The molecule has 0 aliphatic carbocycles. The van der Waals surface area contributed by atoms with Crippen LogP contribution in [0, 0.1) is 5.92 Å². The van der Waals surface area contributed by atoms with E-state index >= 15 is 0 Å². The lowest BCUT2D eigenvalue weighted by Gasteiger charge is -2.13. The van der Waals surface area contributed by atoms with Crippen LogP contribution >= 0.6 is 0 Å². The Balaban J connectivity index is 2.50. The van der Waals surface area contributed by atoms with Gasteiger partial charge in [-0.3, -0.25) is 0 Å². The first kappa shape index (κ1) is 16.1. The predicted octanol–water partition coefficient (Wildman–Crippen LogP) is 1.13. The van der Waals surface area contributed by atoms with Crippen molar-refractivity contribution in [2.24, 2.45) is 5.92 Å². The fourth-order valence-electron chi connectivity index (χ4n) is 1.57. The van der Waals surface area contributed by atoms with E-state index in [0.717, 1.165) is 5.56 Å². The number of urea groups is 1. The molecule has 0 spiro atoms. The second kappa shape index (κ2) is 8.27. The Hall–Kier alpha value is -1.95. The molecular weight excluding hydrogens is 260 g/mol. The van der Waals surface area contributed by atoms with Crippen LogP contribution in [0.3, 0.4) is 0 Å². The zero-order valence-electron chi connectivity index (χ0n) is 12.1. The van der Waals surface area contributed by atoms with E-state index in [2.05, 4.69) is 10.6 Å². The number of hydrogen-bond acceptors (Lipinski definition) is 4. The van der Waals surface area contributed by atoms with Gasteiger partial charge in [-0.1, -0.05) is 6.92 Å². The van der Waals surface area contributed by atoms with Gasteiger partial charge in [-0.05, 0) is 18.1 Å². The van der Waals surface area contributed by atoms with Gasteiger partial charge in [0.1, 0.15) is 11.5 Å². The fraction of sp³-hybridized carbons (Fsp3) is 0.500. The number of carbonyl (C=O) groups excluding carboxylic acids is 1. The summed E-state index contributed by atoms with van der Waals surface area (Å²) in [4.78, 5) is 11.6. The van der Waals surface area contributed by atoms with Crippen LogP contribution < -0.4 is 20.1 Å². The summed E-state index contributed by atoms with van der Waals surface area (Å²) in [5.41, 5.74) is 0.860. The molecule has 0 fully saturated rings. The second-order valence-electron chi connectivity index (χ2n) is 4.53. The highest BCUT2D eigenvalue weighted by atomic mass is 16.5. The Labute approximate surface area is 119 Å². The Morgan fingerprint density at radius 3 is 2.65 bits per heavy atom. The number of nitrogens with one attached hydrogen (secondary N) is 2. The monoisotopic (exact) mass is 282 g/mol. The van der Waals surface area contributed by atoms with Crippen molar-refractivity contribution in [2.75, 3.05) is 27.4 Å². The summed E-state index contributed by atoms with van der Waals surface area (Å²) in [6.07, 6.45) is 0. The molecule has 1 aromatic rings. The zero-order valence-corrected chi connectivity index (χ0v) is 12.1. The van der Waals surface area contributed by atoms with E-state index in [9.17, 15) is 4.79 Å². The van der Waals surface area contributed by atoms with E-state index in [1.54, 1.807) is 20.3 Å². The fourth-order valence-corrected chi connectivity index (χ4v) is 1.57. The lowest BCUT2D eigenvalue weighted by Crippen LogP contribution is -2.38. The number of methoxy groups -OCH3 is 2. The van der Waals surface area contributed by atoms with E-state index < -0.39 is 0 Å².